The topological polar surface area (TPSA) is 77.8 Å². The molecule has 1 saturated heterocycles. The zero-order chi connectivity index (χ0) is 15.0. The molecule has 21 heavy (non-hydrogen) atoms. The second kappa shape index (κ2) is 5.42. The van der Waals surface area contributed by atoms with Gasteiger partial charge >= 0.3 is 5.97 Å². The molecule has 1 amide bonds. The summed E-state index contributed by atoms with van der Waals surface area (Å²) in [6.45, 7) is 0.592. The third-order valence-electron chi connectivity index (χ3n) is 4.48. The number of aliphatic hydroxyl groups is 1. The van der Waals surface area contributed by atoms with Crippen LogP contribution in [0.1, 0.15) is 45.8 Å². The van der Waals surface area contributed by atoms with Gasteiger partial charge in [0, 0.05) is 30.8 Å². The number of nitrogens with zero attached hydrogens (tertiary/aromatic N) is 1. The van der Waals surface area contributed by atoms with Crippen LogP contribution in [0.25, 0.3) is 0 Å². The molecule has 0 saturated carbocycles. The SMILES string of the molecule is O=C(c1cc2c(s1)CCCC2)N1CCC(O)(C(=O)O)CC1. The molecule has 2 aliphatic rings. The van der Waals surface area contributed by atoms with Crippen molar-refractivity contribution in [2.24, 2.45) is 0 Å². The number of carboxylic acid groups (broad SMARTS) is 1. The van der Waals surface area contributed by atoms with Crippen molar-refractivity contribution in [3.05, 3.63) is 21.4 Å². The van der Waals surface area contributed by atoms with Crippen LogP contribution in [0.2, 0.25) is 0 Å². The number of carbonyl (C=O) groups is 2. The maximum atomic E-state index is 12.5. The van der Waals surface area contributed by atoms with Crippen molar-refractivity contribution < 1.29 is 19.8 Å². The van der Waals surface area contributed by atoms with Crippen LogP contribution >= 0.6 is 11.3 Å². The third kappa shape index (κ3) is 2.70. The zero-order valence-electron chi connectivity index (χ0n) is 11.8. The lowest BCUT2D eigenvalue weighted by Crippen LogP contribution is -2.50. The highest BCUT2D eigenvalue weighted by Gasteiger charge is 2.40. The first kappa shape index (κ1) is 14.5. The van der Waals surface area contributed by atoms with E-state index in [9.17, 15) is 14.7 Å². The van der Waals surface area contributed by atoms with Crippen LogP contribution in [0, 0.1) is 0 Å². The minimum Gasteiger partial charge on any atom is -0.479 e. The minimum atomic E-state index is -1.68. The smallest absolute Gasteiger partial charge is 0.335 e. The van der Waals surface area contributed by atoms with E-state index in [-0.39, 0.29) is 18.7 Å². The molecule has 1 aliphatic carbocycles. The van der Waals surface area contributed by atoms with E-state index in [4.69, 9.17) is 5.11 Å². The predicted molar refractivity (Wildman–Crippen MR) is 78.7 cm³/mol. The number of carbonyl (C=O) groups excluding carboxylic acids is 1. The van der Waals surface area contributed by atoms with E-state index in [1.807, 2.05) is 6.07 Å². The lowest BCUT2D eigenvalue weighted by atomic mass is 9.91. The van der Waals surface area contributed by atoms with Crippen molar-refractivity contribution in [2.45, 2.75) is 44.1 Å². The first-order valence-corrected chi connectivity index (χ1v) is 8.18. The minimum absolute atomic E-state index is 0.0261. The average molecular weight is 309 g/mol. The highest BCUT2D eigenvalue weighted by molar-refractivity contribution is 7.14. The fraction of sp³-hybridized carbons (Fsp3) is 0.600. The van der Waals surface area contributed by atoms with Crippen LogP contribution < -0.4 is 0 Å². The Morgan fingerprint density at radius 3 is 2.48 bits per heavy atom. The van der Waals surface area contributed by atoms with E-state index in [1.54, 1.807) is 16.2 Å². The van der Waals surface area contributed by atoms with Gasteiger partial charge in [-0.05, 0) is 37.3 Å². The summed E-state index contributed by atoms with van der Waals surface area (Å²) in [5.41, 5.74) is -0.375. The van der Waals surface area contributed by atoms with Gasteiger partial charge in [0.15, 0.2) is 5.60 Å². The number of hydrogen-bond acceptors (Lipinski definition) is 4. The molecule has 0 atom stereocenters. The van der Waals surface area contributed by atoms with Crippen LogP contribution in [0.3, 0.4) is 0 Å². The van der Waals surface area contributed by atoms with E-state index >= 15 is 0 Å². The van der Waals surface area contributed by atoms with Gasteiger partial charge in [0.05, 0.1) is 4.88 Å². The molecule has 3 rings (SSSR count). The highest BCUT2D eigenvalue weighted by Crippen LogP contribution is 2.31. The molecule has 0 spiro atoms. The highest BCUT2D eigenvalue weighted by atomic mass is 32.1. The summed E-state index contributed by atoms with van der Waals surface area (Å²) in [6, 6.07) is 2.00. The zero-order valence-corrected chi connectivity index (χ0v) is 12.6. The van der Waals surface area contributed by atoms with Gasteiger partial charge in [-0.15, -0.1) is 11.3 Å². The summed E-state index contributed by atoms with van der Waals surface area (Å²) in [4.78, 5) is 27.2. The van der Waals surface area contributed by atoms with Gasteiger partial charge in [0.25, 0.3) is 5.91 Å². The largest absolute Gasteiger partial charge is 0.479 e. The van der Waals surface area contributed by atoms with Gasteiger partial charge in [-0.3, -0.25) is 4.79 Å². The Balaban J connectivity index is 1.69. The number of thiophene rings is 1. The van der Waals surface area contributed by atoms with Crippen LogP contribution in [0.15, 0.2) is 6.07 Å². The molecule has 5 nitrogen and oxygen atoms in total. The van der Waals surface area contributed by atoms with Crippen molar-refractivity contribution >= 4 is 23.2 Å². The molecule has 0 aromatic carbocycles. The number of piperidine rings is 1. The monoisotopic (exact) mass is 309 g/mol. The second-order valence-corrected chi connectivity index (χ2v) is 7.03. The van der Waals surface area contributed by atoms with Gasteiger partial charge in [-0.1, -0.05) is 0 Å². The quantitative estimate of drug-likeness (QED) is 0.871. The Bertz CT molecular complexity index is 549. The summed E-state index contributed by atoms with van der Waals surface area (Å²) in [5, 5.41) is 18.9. The molecule has 0 unspecified atom stereocenters. The van der Waals surface area contributed by atoms with Crippen LogP contribution in [-0.4, -0.2) is 45.7 Å². The molecule has 1 aliphatic heterocycles. The average Bonchev–Trinajstić information content (AvgIpc) is 2.91. The van der Waals surface area contributed by atoms with Crippen molar-refractivity contribution in [3.63, 3.8) is 0 Å². The van der Waals surface area contributed by atoms with E-state index in [0.717, 1.165) is 17.7 Å². The van der Waals surface area contributed by atoms with Crippen molar-refractivity contribution in [1.29, 1.82) is 0 Å². The summed E-state index contributed by atoms with van der Waals surface area (Å²) in [5.74, 6) is -1.22. The Morgan fingerprint density at radius 2 is 1.86 bits per heavy atom. The molecule has 1 aromatic heterocycles. The lowest BCUT2D eigenvalue weighted by Gasteiger charge is -2.35. The summed E-state index contributed by atoms with van der Waals surface area (Å²) in [6.07, 6.45) is 4.69. The first-order valence-electron chi connectivity index (χ1n) is 7.36. The van der Waals surface area contributed by atoms with Crippen LogP contribution in [-0.2, 0) is 17.6 Å². The molecule has 1 fully saturated rings. The van der Waals surface area contributed by atoms with Gasteiger partial charge in [-0.2, -0.15) is 0 Å². The number of aryl methyl sites for hydroxylation is 2. The van der Waals surface area contributed by atoms with Crippen LogP contribution in [0.4, 0.5) is 0 Å². The van der Waals surface area contributed by atoms with Gasteiger partial charge in [0.1, 0.15) is 0 Å². The molecule has 0 bridgehead atoms. The number of aliphatic carboxylic acids is 1. The summed E-state index contributed by atoms with van der Waals surface area (Å²) >= 11 is 1.57. The Hall–Kier alpha value is -1.40. The molecular weight excluding hydrogens is 290 g/mol. The number of rotatable bonds is 2. The fourth-order valence-corrected chi connectivity index (χ4v) is 4.27. The number of carboxylic acids is 1. The van der Waals surface area contributed by atoms with Crippen molar-refractivity contribution in [1.82, 2.24) is 4.90 Å². The van der Waals surface area contributed by atoms with E-state index in [0.29, 0.717) is 13.1 Å². The summed E-state index contributed by atoms with van der Waals surface area (Å²) in [7, 11) is 0. The second-order valence-electron chi connectivity index (χ2n) is 5.90. The Kier molecular flexibility index (Phi) is 3.75. The first-order chi connectivity index (χ1) is 9.99. The lowest BCUT2D eigenvalue weighted by molar-refractivity contribution is -0.162. The summed E-state index contributed by atoms with van der Waals surface area (Å²) < 4.78 is 0. The molecule has 6 heteroatoms. The number of hydrogen-bond donors (Lipinski definition) is 2. The maximum absolute atomic E-state index is 12.5. The maximum Gasteiger partial charge on any atom is 0.335 e. The Labute approximate surface area is 127 Å². The molecule has 2 N–H and O–H groups in total. The molecule has 2 heterocycles. The number of amides is 1. The van der Waals surface area contributed by atoms with E-state index < -0.39 is 11.6 Å². The number of likely N-dealkylation sites (tertiary alicyclic amines) is 1. The standard InChI is InChI=1S/C15H19NO4S/c17-13(12-9-10-3-1-2-4-11(10)21-12)16-7-5-15(20,6-8-16)14(18)19/h9,20H,1-8H2,(H,18,19). The normalized spacial score (nSPS) is 20.9. The van der Waals surface area contributed by atoms with Gasteiger partial charge in [-0.25, -0.2) is 4.79 Å². The van der Waals surface area contributed by atoms with Gasteiger partial charge < -0.3 is 15.1 Å². The van der Waals surface area contributed by atoms with Gasteiger partial charge in [0.2, 0.25) is 0 Å². The predicted octanol–water partition coefficient (Wildman–Crippen LogP) is 1.68. The van der Waals surface area contributed by atoms with E-state index in [1.165, 1.54) is 23.3 Å². The molecule has 114 valence electrons. The van der Waals surface area contributed by atoms with E-state index in [2.05, 4.69) is 0 Å². The number of fused-ring (bicyclic) bond motifs is 1. The Morgan fingerprint density at radius 1 is 1.19 bits per heavy atom. The fourth-order valence-electron chi connectivity index (χ4n) is 3.05. The molecule has 0 radical (unpaired) electrons. The van der Waals surface area contributed by atoms with Crippen LogP contribution in [0.5, 0.6) is 0 Å². The van der Waals surface area contributed by atoms with Crippen molar-refractivity contribution in [2.75, 3.05) is 13.1 Å². The molecule has 1 aromatic rings. The van der Waals surface area contributed by atoms with Crippen molar-refractivity contribution in [3.8, 4) is 0 Å². The third-order valence-corrected chi connectivity index (χ3v) is 5.71. The molecular formula is C15H19NO4S.